The molecule has 2 rings (SSSR count). The van der Waals surface area contributed by atoms with Crippen molar-refractivity contribution in [2.24, 2.45) is 4.99 Å². The van der Waals surface area contributed by atoms with Gasteiger partial charge in [0.2, 0.25) is 0 Å². The maximum atomic E-state index is 4.17. The molecule has 0 aliphatic carbocycles. The van der Waals surface area contributed by atoms with Gasteiger partial charge >= 0.3 is 0 Å². The van der Waals surface area contributed by atoms with Crippen molar-refractivity contribution in [3.05, 3.63) is 49.0 Å². The minimum absolute atomic E-state index is 0.184. The first-order chi connectivity index (χ1) is 7.38. The predicted octanol–water partition coefficient (Wildman–Crippen LogP) is 2.04. The second kappa shape index (κ2) is 4.55. The fourth-order valence-corrected chi connectivity index (χ4v) is 1.43. The third-order valence-electron chi connectivity index (χ3n) is 2.33. The number of hydrogen-bond acceptors (Lipinski definition) is 3. The third kappa shape index (κ3) is 2.31. The van der Waals surface area contributed by atoms with Gasteiger partial charge in [0.1, 0.15) is 0 Å². The van der Waals surface area contributed by atoms with E-state index in [2.05, 4.69) is 21.0 Å². The van der Waals surface area contributed by atoms with Crippen molar-refractivity contribution in [3.8, 4) is 0 Å². The third-order valence-corrected chi connectivity index (χ3v) is 2.33. The van der Waals surface area contributed by atoms with Crippen LogP contribution >= 0.6 is 0 Å². The summed E-state index contributed by atoms with van der Waals surface area (Å²) in [7, 11) is 2.03. The first-order valence-electron chi connectivity index (χ1n) is 4.87. The van der Waals surface area contributed by atoms with Crippen LogP contribution in [0.1, 0.15) is 0 Å². The maximum absolute atomic E-state index is 4.17. The van der Waals surface area contributed by atoms with E-state index in [1.165, 1.54) is 0 Å². The molecule has 1 unspecified atom stereocenters. The number of aliphatic imine (C=N–C) groups is 1. The number of pyridine rings is 1. The lowest BCUT2D eigenvalue weighted by Gasteiger charge is -2.23. The monoisotopic (exact) mass is 199 g/mol. The topological polar surface area (TPSA) is 28.5 Å². The van der Waals surface area contributed by atoms with Gasteiger partial charge in [-0.1, -0.05) is 12.2 Å². The Labute approximate surface area is 89.5 Å². The Morgan fingerprint density at radius 1 is 1.33 bits per heavy atom. The Hall–Kier alpha value is -1.90. The molecule has 0 fully saturated rings. The van der Waals surface area contributed by atoms with E-state index in [4.69, 9.17) is 0 Å². The number of allylic oxidation sites excluding steroid dienone is 2. The van der Waals surface area contributed by atoms with Crippen LogP contribution in [0.3, 0.4) is 0 Å². The van der Waals surface area contributed by atoms with Gasteiger partial charge in [-0.05, 0) is 18.2 Å². The molecule has 1 aromatic rings. The Morgan fingerprint density at radius 2 is 2.27 bits per heavy atom. The van der Waals surface area contributed by atoms with E-state index in [9.17, 15) is 0 Å². The number of likely N-dealkylation sites (N-methyl/N-ethyl adjacent to an activating group) is 1. The summed E-state index contributed by atoms with van der Waals surface area (Å²) in [6, 6.07) is 4.15. The molecule has 3 heteroatoms. The summed E-state index contributed by atoms with van der Waals surface area (Å²) in [4.78, 5) is 10.4. The Bertz CT molecular complexity index is 377. The lowest BCUT2D eigenvalue weighted by Crippen LogP contribution is -2.30. The first-order valence-corrected chi connectivity index (χ1v) is 4.87. The van der Waals surface area contributed by atoms with Gasteiger partial charge in [0.25, 0.3) is 0 Å². The molecule has 0 spiro atoms. The van der Waals surface area contributed by atoms with Crippen molar-refractivity contribution in [1.29, 1.82) is 0 Å². The van der Waals surface area contributed by atoms with Crippen LogP contribution in [0.5, 0.6) is 0 Å². The zero-order valence-electron chi connectivity index (χ0n) is 8.62. The van der Waals surface area contributed by atoms with Crippen LogP contribution in [0, 0.1) is 0 Å². The molecule has 76 valence electrons. The molecule has 1 aliphatic heterocycles. The van der Waals surface area contributed by atoms with Crippen LogP contribution < -0.4 is 4.90 Å². The number of aromatic nitrogens is 1. The average Bonchev–Trinajstić information content (AvgIpc) is 2.58. The van der Waals surface area contributed by atoms with Crippen molar-refractivity contribution < 1.29 is 0 Å². The van der Waals surface area contributed by atoms with Gasteiger partial charge in [0.15, 0.2) is 0 Å². The van der Waals surface area contributed by atoms with Crippen molar-refractivity contribution in [3.63, 3.8) is 0 Å². The summed E-state index contributed by atoms with van der Waals surface area (Å²) in [5.41, 5.74) is 1.08. The molecular weight excluding hydrogens is 186 g/mol. The highest BCUT2D eigenvalue weighted by atomic mass is 15.1. The highest BCUT2D eigenvalue weighted by Gasteiger charge is 2.09. The quantitative estimate of drug-likeness (QED) is 0.729. The van der Waals surface area contributed by atoms with Crippen molar-refractivity contribution in [2.75, 3.05) is 11.9 Å². The van der Waals surface area contributed by atoms with Crippen molar-refractivity contribution >= 4 is 11.9 Å². The Kier molecular flexibility index (Phi) is 2.93. The van der Waals surface area contributed by atoms with Gasteiger partial charge in [-0.25, -0.2) is 0 Å². The molecule has 15 heavy (non-hydrogen) atoms. The fraction of sp³-hybridized carbons (Fsp3) is 0.167. The number of anilines is 1. The van der Waals surface area contributed by atoms with Crippen LogP contribution in [0.4, 0.5) is 5.69 Å². The number of nitrogens with zero attached hydrogens (tertiary/aromatic N) is 3. The summed E-state index contributed by atoms with van der Waals surface area (Å²) >= 11 is 0. The molecule has 2 heterocycles. The summed E-state index contributed by atoms with van der Waals surface area (Å²) in [5.74, 6) is 0. The zero-order chi connectivity index (χ0) is 10.5. The van der Waals surface area contributed by atoms with Gasteiger partial charge in [-0.15, -0.1) is 0 Å². The fourth-order valence-electron chi connectivity index (χ4n) is 1.43. The SMILES string of the molecule is CN(c1cccnc1)C1C=CC=CN=C1. The van der Waals surface area contributed by atoms with E-state index in [-0.39, 0.29) is 6.04 Å². The molecule has 1 atom stereocenters. The van der Waals surface area contributed by atoms with Crippen LogP contribution in [0.15, 0.2) is 53.9 Å². The molecule has 0 saturated carbocycles. The smallest absolute Gasteiger partial charge is 0.0828 e. The van der Waals surface area contributed by atoms with E-state index in [0.29, 0.717) is 0 Å². The summed E-state index contributed by atoms with van der Waals surface area (Å²) in [6.07, 6.45) is 13.3. The summed E-state index contributed by atoms with van der Waals surface area (Å²) < 4.78 is 0. The van der Waals surface area contributed by atoms with E-state index >= 15 is 0 Å². The standard InChI is InChI=1S/C12H13N3/c1-15(12-6-4-8-14-10-12)11-5-2-3-7-13-9-11/h2-11H,1H3. The number of hydrogen-bond donors (Lipinski definition) is 0. The van der Waals surface area contributed by atoms with Gasteiger partial charge in [-0.3, -0.25) is 9.98 Å². The zero-order valence-corrected chi connectivity index (χ0v) is 8.62. The molecule has 1 aromatic heterocycles. The van der Waals surface area contributed by atoms with Gasteiger partial charge < -0.3 is 4.90 Å². The van der Waals surface area contributed by atoms with Crippen molar-refractivity contribution in [2.45, 2.75) is 6.04 Å². The van der Waals surface area contributed by atoms with Gasteiger partial charge in [-0.2, -0.15) is 0 Å². The Morgan fingerprint density at radius 3 is 3.07 bits per heavy atom. The van der Waals surface area contributed by atoms with Crippen LogP contribution in [0.25, 0.3) is 0 Å². The molecular formula is C12H13N3. The van der Waals surface area contributed by atoms with E-state index in [0.717, 1.165) is 5.69 Å². The van der Waals surface area contributed by atoms with E-state index < -0.39 is 0 Å². The van der Waals surface area contributed by atoms with E-state index in [1.807, 2.05) is 43.7 Å². The molecule has 0 saturated heterocycles. The minimum atomic E-state index is 0.184. The normalized spacial score (nSPS) is 18.9. The predicted molar refractivity (Wildman–Crippen MR) is 63.2 cm³/mol. The van der Waals surface area contributed by atoms with Crippen molar-refractivity contribution in [1.82, 2.24) is 4.98 Å². The van der Waals surface area contributed by atoms with Crippen LogP contribution in [-0.2, 0) is 0 Å². The number of rotatable bonds is 2. The second-order valence-corrected chi connectivity index (χ2v) is 3.34. The molecule has 0 amide bonds. The summed E-state index contributed by atoms with van der Waals surface area (Å²) in [6.45, 7) is 0. The van der Waals surface area contributed by atoms with E-state index in [1.54, 1.807) is 12.4 Å². The minimum Gasteiger partial charge on any atom is -0.362 e. The lowest BCUT2D eigenvalue weighted by molar-refractivity contribution is 0.938. The molecule has 0 aromatic carbocycles. The maximum Gasteiger partial charge on any atom is 0.0828 e. The van der Waals surface area contributed by atoms with Gasteiger partial charge in [0, 0.05) is 25.7 Å². The largest absolute Gasteiger partial charge is 0.362 e. The molecule has 1 aliphatic rings. The molecule has 0 radical (unpaired) electrons. The molecule has 3 nitrogen and oxygen atoms in total. The van der Waals surface area contributed by atoms with Crippen LogP contribution in [-0.4, -0.2) is 24.3 Å². The highest BCUT2D eigenvalue weighted by molar-refractivity contribution is 5.74. The second-order valence-electron chi connectivity index (χ2n) is 3.34. The Balaban J connectivity index is 2.18. The molecule has 0 bridgehead atoms. The summed E-state index contributed by atoms with van der Waals surface area (Å²) in [5, 5.41) is 0. The van der Waals surface area contributed by atoms with Crippen LogP contribution in [0.2, 0.25) is 0 Å². The lowest BCUT2D eigenvalue weighted by atomic mass is 10.2. The average molecular weight is 199 g/mol. The molecule has 0 N–H and O–H groups in total. The highest BCUT2D eigenvalue weighted by Crippen LogP contribution is 2.13. The van der Waals surface area contributed by atoms with Gasteiger partial charge in [0.05, 0.1) is 17.9 Å². The first kappa shape index (κ1) is 9.65.